The monoisotopic (exact) mass is 201 g/mol. The van der Waals surface area contributed by atoms with E-state index in [9.17, 15) is 0 Å². The first-order chi connectivity index (χ1) is 6.97. The van der Waals surface area contributed by atoms with Crippen LogP contribution in [0.15, 0.2) is 24.4 Å². The summed E-state index contributed by atoms with van der Waals surface area (Å²) in [6.45, 7) is 6.38. The van der Waals surface area contributed by atoms with Crippen LogP contribution in [0.3, 0.4) is 0 Å². The Kier molecular flexibility index (Phi) is 2.11. The Morgan fingerprint density at radius 1 is 1.13 bits per heavy atom. The molecule has 2 rings (SSSR count). The molecule has 0 aliphatic rings. The first kappa shape index (κ1) is 9.90. The molecular formula is C12H15N3. The molecule has 0 saturated heterocycles. The molecule has 15 heavy (non-hydrogen) atoms. The summed E-state index contributed by atoms with van der Waals surface area (Å²) in [6.07, 6.45) is 1.82. The molecule has 0 radical (unpaired) electrons. The van der Waals surface area contributed by atoms with Crippen molar-refractivity contribution in [2.24, 2.45) is 0 Å². The van der Waals surface area contributed by atoms with Crippen molar-refractivity contribution in [3.8, 4) is 0 Å². The van der Waals surface area contributed by atoms with E-state index in [-0.39, 0.29) is 5.41 Å². The fourth-order valence-electron chi connectivity index (χ4n) is 1.39. The summed E-state index contributed by atoms with van der Waals surface area (Å²) in [5.74, 6) is 0. The summed E-state index contributed by atoms with van der Waals surface area (Å²) in [5, 5.41) is 0. The van der Waals surface area contributed by atoms with E-state index in [1.807, 2.05) is 24.4 Å². The summed E-state index contributed by atoms with van der Waals surface area (Å²) in [5.41, 5.74) is 9.18. The number of anilines is 1. The van der Waals surface area contributed by atoms with E-state index in [2.05, 4.69) is 30.7 Å². The van der Waals surface area contributed by atoms with Gasteiger partial charge in [-0.2, -0.15) is 0 Å². The van der Waals surface area contributed by atoms with Crippen LogP contribution in [-0.4, -0.2) is 9.97 Å². The first-order valence-corrected chi connectivity index (χ1v) is 4.99. The van der Waals surface area contributed by atoms with Gasteiger partial charge in [0, 0.05) is 17.3 Å². The number of nitrogens with two attached hydrogens (primary N) is 1. The number of rotatable bonds is 0. The van der Waals surface area contributed by atoms with Gasteiger partial charge in [-0.1, -0.05) is 20.8 Å². The molecule has 0 spiro atoms. The highest BCUT2D eigenvalue weighted by Gasteiger charge is 2.16. The molecule has 0 bridgehead atoms. The number of fused-ring (bicyclic) bond motifs is 1. The van der Waals surface area contributed by atoms with Crippen LogP contribution in [0.1, 0.15) is 26.5 Å². The van der Waals surface area contributed by atoms with Gasteiger partial charge in [0.15, 0.2) is 0 Å². The van der Waals surface area contributed by atoms with E-state index in [0.717, 1.165) is 22.4 Å². The standard InChI is InChI=1S/C12H15N3/c1-12(2,3)11-7-14-10-6-8(13)4-5-9(10)15-11/h4-7H,13H2,1-3H3. The lowest BCUT2D eigenvalue weighted by Gasteiger charge is -2.17. The number of benzene rings is 1. The quantitative estimate of drug-likeness (QED) is 0.666. The van der Waals surface area contributed by atoms with Crippen LogP contribution in [0.4, 0.5) is 5.69 Å². The third-order valence-electron chi connectivity index (χ3n) is 2.33. The van der Waals surface area contributed by atoms with Gasteiger partial charge >= 0.3 is 0 Å². The van der Waals surface area contributed by atoms with Gasteiger partial charge in [-0.3, -0.25) is 4.98 Å². The van der Waals surface area contributed by atoms with Crippen LogP contribution in [0.2, 0.25) is 0 Å². The summed E-state index contributed by atoms with van der Waals surface area (Å²) in [6, 6.07) is 5.60. The van der Waals surface area contributed by atoms with E-state index in [0.29, 0.717) is 0 Å². The molecule has 0 saturated carbocycles. The van der Waals surface area contributed by atoms with E-state index >= 15 is 0 Å². The van der Waals surface area contributed by atoms with Crippen molar-refractivity contribution in [1.29, 1.82) is 0 Å². The van der Waals surface area contributed by atoms with Crippen molar-refractivity contribution < 1.29 is 0 Å². The highest BCUT2D eigenvalue weighted by Crippen LogP contribution is 2.21. The second-order valence-corrected chi connectivity index (χ2v) is 4.75. The number of aromatic nitrogens is 2. The Bertz CT molecular complexity index is 498. The van der Waals surface area contributed by atoms with Crippen LogP contribution < -0.4 is 5.73 Å². The molecule has 0 aliphatic carbocycles. The third-order valence-corrected chi connectivity index (χ3v) is 2.33. The number of nitrogens with zero attached hydrogens (tertiary/aromatic N) is 2. The zero-order chi connectivity index (χ0) is 11.1. The minimum atomic E-state index is 0.0303. The molecule has 0 atom stereocenters. The van der Waals surface area contributed by atoms with Crippen LogP contribution in [0.5, 0.6) is 0 Å². The molecule has 0 unspecified atom stereocenters. The molecule has 78 valence electrons. The average Bonchev–Trinajstić information content (AvgIpc) is 2.15. The zero-order valence-corrected chi connectivity index (χ0v) is 9.28. The number of nitrogen functional groups attached to an aromatic ring is 1. The molecule has 2 N–H and O–H groups in total. The number of hydrogen-bond donors (Lipinski definition) is 1. The summed E-state index contributed by atoms with van der Waals surface area (Å²) < 4.78 is 0. The van der Waals surface area contributed by atoms with Crippen molar-refractivity contribution in [2.75, 3.05) is 5.73 Å². The Morgan fingerprint density at radius 2 is 1.87 bits per heavy atom. The van der Waals surface area contributed by atoms with Crippen molar-refractivity contribution in [1.82, 2.24) is 9.97 Å². The molecule has 3 nitrogen and oxygen atoms in total. The topological polar surface area (TPSA) is 51.8 Å². The second-order valence-electron chi connectivity index (χ2n) is 4.75. The molecule has 1 aromatic heterocycles. The highest BCUT2D eigenvalue weighted by molar-refractivity contribution is 5.77. The molecule has 1 heterocycles. The minimum absolute atomic E-state index is 0.0303. The summed E-state index contributed by atoms with van der Waals surface area (Å²) >= 11 is 0. The largest absolute Gasteiger partial charge is 0.399 e. The van der Waals surface area contributed by atoms with Gasteiger partial charge in [-0.15, -0.1) is 0 Å². The van der Waals surface area contributed by atoms with Gasteiger partial charge in [-0.25, -0.2) is 4.98 Å². The SMILES string of the molecule is CC(C)(C)c1cnc2cc(N)ccc2n1. The maximum atomic E-state index is 5.68. The van der Waals surface area contributed by atoms with Gasteiger partial charge in [-0.05, 0) is 18.2 Å². The van der Waals surface area contributed by atoms with E-state index in [1.165, 1.54) is 0 Å². The molecule has 3 heteroatoms. The predicted molar refractivity (Wildman–Crippen MR) is 62.7 cm³/mol. The summed E-state index contributed by atoms with van der Waals surface area (Å²) in [7, 11) is 0. The molecule has 2 aromatic rings. The predicted octanol–water partition coefficient (Wildman–Crippen LogP) is 2.51. The molecule has 1 aromatic carbocycles. The Labute approximate surface area is 89.4 Å². The van der Waals surface area contributed by atoms with Crippen molar-refractivity contribution in [3.05, 3.63) is 30.1 Å². The van der Waals surface area contributed by atoms with E-state index < -0.39 is 0 Å². The van der Waals surface area contributed by atoms with Gasteiger partial charge in [0.2, 0.25) is 0 Å². The Morgan fingerprint density at radius 3 is 2.53 bits per heavy atom. The Balaban J connectivity index is 2.62. The zero-order valence-electron chi connectivity index (χ0n) is 9.28. The van der Waals surface area contributed by atoms with Crippen LogP contribution in [0, 0.1) is 0 Å². The van der Waals surface area contributed by atoms with E-state index in [4.69, 9.17) is 5.73 Å². The molecule has 0 aliphatic heterocycles. The normalized spacial score (nSPS) is 11.9. The van der Waals surface area contributed by atoms with Crippen LogP contribution in [-0.2, 0) is 5.41 Å². The lowest BCUT2D eigenvalue weighted by atomic mass is 9.92. The highest BCUT2D eigenvalue weighted by atomic mass is 14.8. The maximum Gasteiger partial charge on any atom is 0.0907 e. The minimum Gasteiger partial charge on any atom is -0.399 e. The van der Waals surface area contributed by atoms with Crippen LogP contribution in [0.25, 0.3) is 11.0 Å². The first-order valence-electron chi connectivity index (χ1n) is 4.99. The van der Waals surface area contributed by atoms with E-state index in [1.54, 1.807) is 0 Å². The van der Waals surface area contributed by atoms with Gasteiger partial charge in [0.1, 0.15) is 0 Å². The molecular weight excluding hydrogens is 186 g/mol. The van der Waals surface area contributed by atoms with Crippen molar-refractivity contribution in [3.63, 3.8) is 0 Å². The number of hydrogen-bond acceptors (Lipinski definition) is 3. The fraction of sp³-hybridized carbons (Fsp3) is 0.333. The van der Waals surface area contributed by atoms with Gasteiger partial charge in [0.05, 0.1) is 16.7 Å². The molecule has 0 fully saturated rings. The summed E-state index contributed by atoms with van der Waals surface area (Å²) in [4.78, 5) is 8.94. The Hall–Kier alpha value is -1.64. The second kappa shape index (κ2) is 3.19. The lowest BCUT2D eigenvalue weighted by molar-refractivity contribution is 0.569. The molecule has 0 amide bonds. The van der Waals surface area contributed by atoms with Crippen molar-refractivity contribution >= 4 is 16.7 Å². The van der Waals surface area contributed by atoms with Gasteiger partial charge < -0.3 is 5.73 Å². The van der Waals surface area contributed by atoms with Gasteiger partial charge in [0.25, 0.3) is 0 Å². The lowest BCUT2D eigenvalue weighted by Crippen LogP contribution is -2.13. The third kappa shape index (κ3) is 1.91. The fourth-order valence-corrected chi connectivity index (χ4v) is 1.39. The van der Waals surface area contributed by atoms with Crippen molar-refractivity contribution in [2.45, 2.75) is 26.2 Å². The van der Waals surface area contributed by atoms with Crippen LogP contribution >= 0.6 is 0 Å². The smallest absolute Gasteiger partial charge is 0.0907 e. The average molecular weight is 201 g/mol. The maximum absolute atomic E-state index is 5.68.